The normalized spacial score (nSPS) is 11.5. The summed E-state index contributed by atoms with van der Waals surface area (Å²) in [6.07, 6.45) is -0.108. The van der Waals surface area contributed by atoms with Gasteiger partial charge in [0.05, 0.1) is 17.2 Å². The van der Waals surface area contributed by atoms with Crippen molar-refractivity contribution in [2.24, 2.45) is 0 Å². The van der Waals surface area contributed by atoms with Gasteiger partial charge in [-0.25, -0.2) is 9.78 Å². The monoisotopic (exact) mass is 408 g/mol. The molecule has 2 N–H and O–H groups in total. The average Bonchev–Trinajstić information content (AvgIpc) is 2.75. The summed E-state index contributed by atoms with van der Waals surface area (Å²) in [5, 5.41) is 4.93. The number of esters is 1. The summed E-state index contributed by atoms with van der Waals surface area (Å²) in [6, 6.07) is 14.3. The molecule has 0 unspecified atom stereocenters. The summed E-state index contributed by atoms with van der Waals surface area (Å²) < 4.78 is 6.44. The molecule has 0 spiro atoms. The van der Waals surface area contributed by atoms with Crippen molar-refractivity contribution in [3.63, 3.8) is 0 Å². The lowest BCUT2D eigenvalue weighted by Crippen LogP contribution is -2.42. The van der Waals surface area contributed by atoms with Crippen molar-refractivity contribution < 1.29 is 19.1 Å². The van der Waals surface area contributed by atoms with E-state index in [0.717, 1.165) is 4.57 Å². The molecular weight excluding hydrogens is 388 g/mol. The maximum atomic E-state index is 12.6. The summed E-state index contributed by atoms with van der Waals surface area (Å²) >= 11 is 0. The van der Waals surface area contributed by atoms with Crippen LogP contribution in [0.2, 0.25) is 0 Å². The number of imide groups is 1. The van der Waals surface area contributed by atoms with Crippen LogP contribution < -0.4 is 16.2 Å². The van der Waals surface area contributed by atoms with Gasteiger partial charge in [-0.1, -0.05) is 42.5 Å². The topological polar surface area (TPSA) is 119 Å². The van der Waals surface area contributed by atoms with E-state index < -0.39 is 36.1 Å². The van der Waals surface area contributed by atoms with E-state index in [4.69, 9.17) is 4.74 Å². The number of benzene rings is 2. The van der Waals surface area contributed by atoms with E-state index in [-0.39, 0.29) is 0 Å². The Bertz CT molecular complexity index is 1130. The van der Waals surface area contributed by atoms with Gasteiger partial charge in [-0.2, -0.15) is 0 Å². The zero-order valence-corrected chi connectivity index (χ0v) is 16.2. The summed E-state index contributed by atoms with van der Waals surface area (Å²) in [5.41, 5.74) is 0.493. The molecule has 154 valence electrons. The van der Waals surface area contributed by atoms with E-state index in [1.54, 1.807) is 61.5 Å². The Morgan fingerprint density at radius 1 is 1.07 bits per heavy atom. The van der Waals surface area contributed by atoms with E-state index in [1.807, 2.05) is 0 Å². The number of para-hydroxylation sites is 1. The number of hydrogen-bond acceptors (Lipinski definition) is 6. The molecule has 9 nitrogen and oxygen atoms in total. The van der Waals surface area contributed by atoms with Crippen molar-refractivity contribution in [2.45, 2.75) is 19.6 Å². The van der Waals surface area contributed by atoms with Gasteiger partial charge in [-0.3, -0.25) is 24.3 Å². The van der Waals surface area contributed by atoms with Crippen molar-refractivity contribution in [1.82, 2.24) is 20.2 Å². The number of carbonyl (C=O) groups is 3. The minimum atomic E-state index is -1.36. The quantitative estimate of drug-likeness (QED) is 0.597. The fourth-order valence-corrected chi connectivity index (χ4v) is 2.81. The molecule has 30 heavy (non-hydrogen) atoms. The van der Waals surface area contributed by atoms with Gasteiger partial charge in [0.2, 0.25) is 6.10 Å². The van der Waals surface area contributed by atoms with E-state index >= 15 is 0 Å². The Kier molecular flexibility index (Phi) is 6.53. The van der Waals surface area contributed by atoms with E-state index in [2.05, 4.69) is 15.6 Å². The largest absolute Gasteiger partial charge is 0.446 e. The highest BCUT2D eigenvalue weighted by Gasteiger charge is 2.26. The molecule has 2 aromatic carbocycles. The maximum absolute atomic E-state index is 12.6. The Morgan fingerprint density at radius 2 is 1.77 bits per heavy atom. The highest BCUT2D eigenvalue weighted by Crippen LogP contribution is 2.18. The van der Waals surface area contributed by atoms with Crippen LogP contribution in [0.5, 0.6) is 0 Å². The summed E-state index contributed by atoms with van der Waals surface area (Å²) in [5.74, 6) is -1.63. The number of nitrogens with zero attached hydrogens (tertiary/aromatic N) is 2. The van der Waals surface area contributed by atoms with Crippen LogP contribution >= 0.6 is 0 Å². The molecule has 0 aliphatic heterocycles. The predicted octanol–water partition coefficient (Wildman–Crippen LogP) is 1.53. The molecular formula is C21H20N4O5. The number of nitrogens with one attached hydrogen (secondary N) is 2. The van der Waals surface area contributed by atoms with Gasteiger partial charge in [-0.15, -0.1) is 0 Å². The van der Waals surface area contributed by atoms with Gasteiger partial charge in [0.15, 0.2) is 0 Å². The second-order valence-electron chi connectivity index (χ2n) is 6.32. The van der Waals surface area contributed by atoms with Gasteiger partial charge in [0.25, 0.3) is 11.5 Å². The van der Waals surface area contributed by atoms with Gasteiger partial charge >= 0.3 is 12.0 Å². The fourth-order valence-electron chi connectivity index (χ4n) is 2.81. The van der Waals surface area contributed by atoms with Crippen LogP contribution in [-0.2, 0) is 20.9 Å². The summed E-state index contributed by atoms with van der Waals surface area (Å²) in [4.78, 5) is 53.4. The fraction of sp³-hybridized carbons (Fsp3) is 0.190. The molecule has 0 bridgehead atoms. The second-order valence-corrected chi connectivity index (χ2v) is 6.32. The first-order chi connectivity index (χ1) is 14.5. The molecule has 0 aliphatic carbocycles. The van der Waals surface area contributed by atoms with E-state index in [0.29, 0.717) is 23.0 Å². The molecule has 1 aromatic heterocycles. The first kappa shape index (κ1) is 20.7. The molecule has 0 aliphatic rings. The van der Waals surface area contributed by atoms with Crippen LogP contribution in [0, 0.1) is 0 Å². The molecule has 1 atom stereocenters. The van der Waals surface area contributed by atoms with Crippen LogP contribution in [0.1, 0.15) is 18.6 Å². The molecule has 0 fully saturated rings. The minimum Gasteiger partial charge on any atom is -0.446 e. The smallest absolute Gasteiger partial charge is 0.327 e. The molecule has 3 rings (SSSR count). The second kappa shape index (κ2) is 9.46. The highest BCUT2D eigenvalue weighted by atomic mass is 16.5. The van der Waals surface area contributed by atoms with Crippen LogP contribution in [0.25, 0.3) is 10.9 Å². The summed E-state index contributed by atoms with van der Waals surface area (Å²) in [6.45, 7) is 1.59. The molecule has 0 saturated heterocycles. The van der Waals surface area contributed by atoms with Crippen molar-refractivity contribution >= 4 is 28.8 Å². The minimum absolute atomic E-state index is 0.326. The van der Waals surface area contributed by atoms with Crippen LogP contribution in [-0.4, -0.2) is 34.0 Å². The lowest BCUT2D eigenvalue weighted by Gasteiger charge is -2.18. The van der Waals surface area contributed by atoms with Gasteiger partial charge in [0.1, 0.15) is 6.54 Å². The first-order valence-corrected chi connectivity index (χ1v) is 9.27. The number of ether oxygens (including phenoxy) is 1. The van der Waals surface area contributed by atoms with Gasteiger partial charge in [0, 0.05) is 12.1 Å². The third kappa shape index (κ3) is 4.88. The maximum Gasteiger partial charge on any atom is 0.327 e. The Morgan fingerprint density at radius 3 is 2.50 bits per heavy atom. The van der Waals surface area contributed by atoms with Crippen LogP contribution in [0.3, 0.4) is 0 Å². The Balaban J connectivity index is 1.80. The molecule has 0 radical (unpaired) electrons. The van der Waals surface area contributed by atoms with E-state index in [1.165, 1.54) is 6.33 Å². The molecule has 0 saturated carbocycles. The predicted molar refractivity (Wildman–Crippen MR) is 108 cm³/mol. The highest BCUT2D eigenvalue weighted by molar-refractivity contribution is 5.97. The number of rotatable bonds is 6. The van der Waals surface area contributed by atoms with Crippen molar-refractivity contribution in [2.75, 3.05) is 6.54 Å². The average molecular weight is 408 g/mol. The van der Waals surface area contributed by atoms with Gasteiger partial charge in [-0.05, 0) is 19.1 Å². The molecule has 3 amide bonds. The number of amides is 3. The molecule has 3 aromatic rings. The van der Waals surface area contributed by atoms with E-state index in [9.17, 15) is 19.2 Å². The lowest BCUT2D eigenvalue weighted by atomic mass is 10.1. The zero-order valence-electron chi connectivity index (χ0n) is 16.2. The molecule has 1 heterocycles. The van der Waals surface area contributed by atoms with Crippen LogP contribution in [0.15, 0.2) is 65.7 Å². The van der Waals surface area contributed by atoms with Crippen molar-refractivity contribution in [1.29, 1.82) is 0 Å². The Hall–Kier alpha value is -4.01. The number of hydrogen-bond donors (Lipinski definition) is 2. The SMILES string of the molecule is CCNC(=O)NC(=O)[C@@H](OC(=O)Cn1cnc2ccccc2c1=O)c1ccccc1. The number of urea groups is 1. The van der Waals surface area contributed by atoms with Crippen LogP contribution in [0.4, 0.5) is 4.79 Å². The standard InChI is InChI=1S/C21H20N4O5/c1-2-22-21(29)24-19(27)18(14-8-4-3-5-9-14)30-17(26)12-25-13-23-16-11-7-6-10-15(16)20(25)28/h3-11,13,18H,2,12H2,1H3,(H2,22,24,27,29)/t18-/m0/s1. The zero-order chi connectivity index (χ0) is 21.5. The number of fused-ring (bicyclic) bond motifs is 1. The third-order valence-corrected chi connectivity index (χ3v) is 4.19. The van der Waals surface area contributed by atoms with Gasteiger partial charge < -0.3 is 10.1 Å². The number of carbonyl (C=O) groups excluding carboxylic acids is 3. The summed E-state index contributed by atoms with van der Waals surface area (Å²) in [7, 11) is 0. The first-order valence-electron chi connectivity index (χ1n) is 9.27. The third-order valence-electron chi connectivity index (χ3n) is 4.19. The van der Waals surface area contributed by atoms with Crippen molar-refractivity contribution in [3.05, 3.63) is 76.8 Å². The Labute approximate surface area is 171 Å². The number of aromatic nitrogens is 2. The van der Waals surface area contributed by atoms with Crippen molar-refractivity contribution in [3.8, 4) is 0 Å². The molecule has 9 heteroatoms. The lowest BCUT2D eigenvalue weighted by molar-refractivity contribution is -0.156.